The van der Waals surface area contributed by atoms with Gasteiger partial charge in [-0.15, -0.1) is 6.42 Å². The van der Waals surface area contributed by atoms with E-state index >= 15 is 0 Å². The molecular weight excluding hydrogens is 343 g/mol. The Kier molecular flexibility index (Phi) is 6.58. The minimum absolute atomic E-state index is 0.283. The zero-order valence-electron chi connectivity index (χ0n) is 16.9. The second-order valence-electron chi connectivity index (χ2n) is 8.01. The summed E-state index contributed by atoms with van der Waals surface area (Å²) in [6, 6.07) is 1.94. The van der Waals surface area contributed by atoms with Crippen molar-refractivity contribution in [1.82, 2.24) is 9.80 Å². The van der Waals surface area contributed by atoms with Crippen molar-refractivity contribution in [2.45, 2.75) is 46.8 Å². The van der Waals surface area contributed by atoms with Crippen LogP contribution >= 0.6 is 0 Å². The van der Waals surface area contributed by atoms with Gasteiger partial charge < -0.3 is 19.7 Å². The third-order valence-electron chi connectivity index (χ3n) is 4.84. The van der Waals surface area contributed by atoms with Gasteiger partial charge in [0.15, 0.2) is 0 Å². The molecule has 1 amide bonds. The van der Waals surface area contributed by atoms with Crippen molar-refractivity contribution in [2.75, 3.05) is 26.2 Å². The van der Waals surface area contributed by atoms with Gasteiger partial charge in [0, 0.05) is 38.3 Å². The fraction of sp³-hybridized carbons (Fsp3) is 0.550. The number of hydrogen-bond donors (Lipinski definition) is 2. The van der Waals surface area contributed by atoms with Gasteiger partial charge >= 0.3 is 13.2 Å². The van der Waals surface area contributed by atoms with E-state index in [0.717, 1.165) is 29.8 Å². The number of nitrogens with zero attached hydrogens (tertiary/aromatic N) is 2. The van der Waals surface area contributed by atoms with E-state index in [9.17, 15) is 14.8 Å². The number of terminal acetylenes is 1. The van der Waals surface area contributed by atoms with Crippen molar-refractivity contribution in [3.8, 4) is 12.3 Å². The lowest BCUT2D eigenvalue weighted by molar-refractivity contribution is 0.0139. The molecule has 6 nitrogen and oxygen atoms in total. The van der Waals surface area contributed by atoms with Crippen LogP contribution < -0.4 is 5.46 Å². The molecule has 0 unspecified atom stereocenters. The third-order valence-corrected chi connectivity index (χ3v) is 4.84. The van der Waals surface area contributed by atoms with Crippen LogP contribution in [0.15, 0.2) is 6.07 Å². The molecule has 0 aromatic heterocycles. The first-order valence-electron chi connectivity index (χ1n) is 9.19. The lowest BCUT2D eigenvalue weighted by atomic mass is 9.72. The Hall–Kier alpha value is -2.01. The molecule has 1 aromatic rings. The number of piperazine rings is 1. The number of hydrogen-bond acceptors (Lipinski definition) is 5. The summed E-state index contributed by atoms with van der Waals surface area (Å²) in [6.45, 7) is 12.5. The summed E-state index contributed by atoms with van der Waals surface area (Å²) in [5.41, 5.74) is 3.20. The second kappa shape index (κ2) is 8.34. The summed E-state index contributed by atoms with van der Waals surface area (Å²) < 4.78 is 5.43. The Bertz CT molecular complexity index is 742. The van der Waals surface area contributed by atoms with Crippen LogP contribution in [0, 0.1) is 26.2 Å². The summed E-state index contributed by atoms with van der Waals surface area (Å²) in [5, 5.41) is 19.5. The maximum atomic E-state index is 12.2. The molecule has 2 rings (SSSR count). The minimum atomic E-state index is -1.55. The van der Waals surface area contributed by atoms with Crippen molar-refractivity contribution in [1.29, 1.82) is 0 Å². The summed E-state index contributed by atoms with van der Waals surface area (Å²) in [4.78, 5) is 16.1. The van der Waals surface area contributed by atoms with E-state index in [1.54, 1.807) is 11.8 Å². The highest BCUT2D eigenvalue weighted by atomic mass is 16.6. The van der Waals surface area contributed by atoms with Gasteiger partial charge in [0.25, 0.3) is 0 Å². The van der Waals surface area contributed by atoms with Crippen LogP contribution in [0.1, 0.15) is 43.0 Å². The number of benzene rings is 1. The van der Waals surface area contributed by atoms with Crippen LogP contribution in [0.2, 0.25) is 0 Å². The summed E-state index contributed by atoms with van der Waals surface area (Å²) in [7, 11) is -1.55. The van der Waals surface area contributed by atoms with E-state index < -0.39 is 12.7 Å². The van der Waals surface area contributed by atoms with Gasteiger partial charge in [0.05, 0.1) is 0 Å². The van der Waals surface area contributed by atoms with E-state index in [4.69, 9.17) is 11.2 Å². The highest BCUT2D eigenvalue weighted by molar-refractivity contribution is 6.59. The number of rotatable bonds is 3. The lowest BCUT2D eigenvalue weighted by Crippen LogP contribution is -2.49. The van der Waals surface area contributed by atoms with Crippen molar-refractivity contribution < 1.29 is 19.6 Å². The van der Waals surface area contributed by atoms with Gasteiger partial charge in [-0.3, -0.25) is 4.90 Å². The SMILES string of the molecule is C#Cc1cc(CN2CCN(C(=O)OC(C)(C)C)CC2)c(C)c(B(O)O)c1C. The van der Waals surface area contributed by atoms with Crippen LogP contribution in [0.4, 0.5) is 4.79 Å². The molecule has 0 atom stereocenters. The molecule has 1 aromatic carbocycles. The fourth-order valence-electron chi connectivity index (χ4n) is 3.35. The van der Waals surface area contributed by atoms with Gasteiger partial charge in [0.1, 0.15) is 5.60 Å². The number of carbonyl (C=O) groups excluding carboxylic acids is 1. The van der Waals surface area contributed by atoms with Gasteiger partial charge in [-0.2, -0.15) is 0 Å². The largest absolute Gasteiger partial charge is 0.489 e. The monoisotopic (exact) mass is 372 g/mol. The molecular formula is C20H29BN2O4. The predicted octanol–water partition coefficient (Wildman–Crippen LogP) is 1.02. The minimum Gasteiger partial charge on any atom is -0.444 e. The molecule has 7 heteroatoms. The zero-order chi connectivity index (χ0) is 20.4. The van der Waals surface area contributed by atoms with Crippen LogP contribution in [-0.4, -0.2) is 64.8 Å². The first-order valence-corrected chi connectivity index (χ1v) is 9.19. The van der Waals surface area contributed by atoms with E-state index in [2.05, 4.69) is 10.8 Å². The quantitative estimate of drug-likeness (QED) is 0.612. The van der Waals surface area contributed by atoms with Gasteiger partial charge in [-0.25, -0.2) is 4.79 Å². The molecule has 0 radical (unpaired) electrons. The Morgan fingerprint density at radius 2 is 1.81 bits per heavy atom. The topological polar surface area (TPSA) is 73.2 Å². The lowest BCUT2D eigenvalue weighted by Gasteiger charge is -2.36. The van der Waals surface area contributed by atoms with E-state index in [-0.39, 0.29) is 6.09 Å². The molecule has 0 bridgehead atoms. The molecule has 2 N–H and O–H groups in total. The van der Waals surface area contributed by atoms with Gasteiger partial charge in [0.2, 0.25) is 0 Å². The molecule has 27 heavy (non-hydrogen) atoms. The van der Waals surface area contributed by atoms with E-state index in [1.807, 2.05) is 33.8 Å². The average molecular weight is 372 g/mol. The molecule has 1 saturated heterocycles. The molecule has 1 fully saturated rings. The van der Waals surface area contributed by atoms with Crippen molar-refractivity contribution in [2.24, 2.45) is 0 Å². The van der Waals surface area contributed by atoms with Gasteiger partial charge in [-0.05, 0) is 62.8 Å². The first-order chi connectivity index (χ1) is 12.5. The van der Waals surface area contributed by atoms with Crippen molar-refractivity contribution in [3.63, 3.8) is 0 Å². The van der Waals surface area contributed by atoms with Crippen LogP contribution in [0.3, 0.4) is 0 Å². The summed E-state index contributed by atoms with van der Waals surface area (Å²) >= 11 is 0. The molecule has 146 valence electrons. The normalized spacial score (nSPS) is 15.4. The molecule has 0 aliphatic carbocycles. The highest BCUT2D eigenvalue weighted by Crippen LogP contribution is 2.18. The average Bonchev–Trinajstić information content (AvgIpc) is 2.56. The van der Waals surface area contributed by atoms with Crippen molar-refractivity contribution >= 4 is 18.7 Å². The Balaban J connectivity index is 2.09. The number of ether oxygens (including phenoxy) is 1. The maximum absolute atomic E-state index is 12.2. The van der Waals surface area contributed by atoms with Gasteiger partial charge in [-0.1, -0.05) is 5.92 Å². The standard InChI is InChI=1S/C20H29BN2O4/c1-7-16-12-17(15(3)18(14(16)2)21(25)26)13-22-8-10-23(11-9-22)19(24)27-20(4,5)6/h1,12,25-26H,8-11,13H2,2-6H3. The summed E-state index contributed by atoms with van der Waals surface area (Å²) in [5.74, 6) is 2.63. The fourth-order valence-corrected chi connectivity index (χ4v) is 3.35. The maximum Gasteiger partial charge on any atom is 0.489 e. The van der Waals surface area contributed by atoms with Crippen LogP contribution in [0.5, 0.6) is 0 Å². The predicted molar refractivity (Wildman–Crippen MR) is 107 cm³/mol. The van der Waals surface area contributed by atoms with E-state index in [0.29, 0.717) is 30.7 Å². The number of carbonyl (C=O) groups is 1. The third kappa shape index (κ3) is 5.26. The molecule has 1 aliphatic rings. The van der Waals surface area contributed by atoms with Crippen LogP contribution in [0.25, 0.3) is 0 Å². The first kappa shape index (κ1) is 21.3. The van der Waals surface area contributed by atoms with E-state index in [1.165, 1.54) is 0 Å². The van der Waals surface area contributed by atoms with Crippen molar-refractivity contribution in [3.05, 3.63) is 28.3 Å². The second-order valence-corrected chi connectivity index (χ2v) is 8.01. The molecule has 0 saturated carbocycles. The molecule has 1 heterocycles. The smallest absolute Gasteiger partial charge is 0.444 e. The Morgan fingerprint density at radius 3 is 2.30 bits per heavy atom. The summed E-state index contributed by atoms with van der Waals surface area (Å²) in [6.07, 6.45) is 5.31. The zero-order valence-corrected chi connectivity index (χ0v) is 16.9. The Labute approximate surface area is 162 Å². The highest BCUT2D eigenvalue weighted by Gasteiger charge is 2.27. The Morgan fingerprint density at radius 1 is 1.22 bits per heavy atom. The molecule has 1 aliphatic heterocycles. The molecule has 0 spiro atoms. The number of amides is 1. The van der Waals surface area contributed by atoms with Crippen LogP contribution in [-0.2, 0) is 11.3 Å².